The van der Waals surface area contributed by atoms with Gasteiger partial charge in [0.05, 0.1) is 23.6 Å². The molecule has 6 heteroatoms. The van der Waals surface area contributed by atoms with Crippen LogP contribution in [0.25, 0.3) is 72.3 Å². The van der Waals surface area contributed by atoms with Crippen LogP contribution >= 0.6 is 0 Å². The third-order valence-electron chi connectivity index (χ3n) is 13.0. The summed E-state index contributed by atoms with van der Waals surface area (Å²) < 4.78 is 57.5. The molecule has 3 heterocycles. The second-order valence-corrected chi connectivity index (χ2v) is 21.8. The van der Waals surface area contributed by atoms with E-state index in [1.165, 1.54) is 5.56 Å². The van der Waals surface area contributed by atoms with Gasteiger partial charge in [0.1, 0.15) is 5.82 Å². The molecule has 5 nitrogen and oxygen atoms in total. The van der Waals surface area contributed by atoms with Crippen molar-refractivity contribution in [1.82, 2.24) is 14.1 Å². The second-order valence-electron chi connectivity index (χ2n) is 21.8. The molecule has 0 aliphatic heterocycles. The van der Waals surface area contributed by atoms with E-state index in [1.807, 2.05) is 57.8 Å². The van der Waals surface area contributed by atoms with Crippen molar-refractivity contribution in [2.75, 3.05) is 0 Å². The Labute approximate surface area is 436 Å². The predicted octanol–water partition coefficient (Wildman–Crippen LogP) is 16.0. The molecule has 0 saturated carbocycles. The Morgan fingerprint density at radius 3 is 2.00 bits per heavy atom. The summed E-state index contributed by atoms with van der Waals surface area (Å²) in [6, 6.07) is 46.8. The van der Waals surface area contributed by atoms with Crippen LogP contribution in [0.15, 0.2) is 158 Å². The van der Waals surface area contributed by atoms with Gasteiger partial charge in [-0.2, -0.15) is 18.2 Å². The van der Waals surface area contributed by atoms with Crippen molar-refractivity contribution in [3.63, 3.8) is 0 Å². The van der Waals surface area contributed by atoms with Gasteiger partial charge in [-0.1, -0.05) is 184 Å². The third-order valence-corrected chi connectivity index (χ3v) is 13.0. The maximum atomic E-state index is 9.29. The fraction of sp³-hybridized carbons (Fsp3) is 0.250. The molecule has 0 bridgehead atoms. The maximum absolute atomic E-state index is 9.29. The van der Waals surface area contributed by atoms with Crippen LogP contribution in [-0.4, -0.2) is 14.1 Å². The number of fused-ring (bicyclic) bond motifs is 4. The van der Waals surface area contributed by atoms with Crippen molar-refractivity contribution in [3.8, 4) is 50.9 Å². The van der Waals surface area contributed by atoms with Gasteiger partial charge < -0.3 is 13.9 Å². The van der Waals surface area contributed by atoms with E-state index in [0.717, 1.165) is 72.9 Å². The number of para-hydroxylation sites is 2. The minimum Gasteiger partial charge on any atom is -0.510 e. The van der Waals surface area contributed by atoms with Gasteiger partial charge >= 0.3 is 0 Å². The predicted molar refractivity (Wildman–Crippen MR) is 285 cm³/mol. The molecular weight excluding hydrogens is 1040 g/mol. The van der Waals surface area contributed by atoms with E-state index >= 15 is 0 Å². The number of rotatable bonds is 9. The zero-order chi connectivity index (χ0) is 52.8. The summed E-state index contributed by atoms with van der Waals surface area (Å²) in [7, 11) is 0. The van der Waals surface area contributed by atoms with Crippen molar-refractivity contribution >= 4 is 32.8 Å². The van der Waals surface area contributed by atoms with Crippen molar-refractivity contribution < 1.29 is 37.2 Å². The first-order valence-corrected chi connectivity index (χ1v) is 24.0. The van der Waals surface area contributed by atoms with Crippen molar-refractivity contribution in [2.24, 2.45) is 5.92 Å². The normalized spacial score (nSPS) is 13.3. The van der Waals surface area contributed by atoms with Crippen LogP contribution in [0.4, 0.5) is 0 Å². The van der Waals surface area contributed by atoms with E-state index in [-0.39, 0.29) is 55.0 Å². The van der Waals surface area contributed by atoms with Crippen molar-refractivity contribution in [1.29, 1.82) is 0 Å². The summed E-state index contributed by atoms with van der Waals surface area (Å²) in [5.74, 6) is 2.19. The van der Waals surface area contributed by atoms with Gasteiger partial charge in [-0.3, -0.25) is 4.57 Å². The molecule has 0 aliphatic rings. The number of imidazole rings is 1. The smallest absolute Gasteiger partial charge is 0.268 e. The van der Waals surface area contributed by atoms with E-state index in [1.54, 1.807) is 0 Å². The number of aromatic nitrogens is 4. The molecule has 0 spiro atoms. The Morgan fingerprint density at radius 1 is 0.629 bits per heavy atom. The van der Waals surface area contributed by atoms with Crippen LogP contribution in [-0.2, 0) is 43.7 Å². The molecular formula is C64H62N4OPt-2. The van der Waals surface area contributed by atoms with Gasteiger partial charge in [-0.25, -0.2) is 4.98 Å². The minimum absolute atomic E-state index is 0. The van der Waals surface area contributed by atoms with Crippen LogP contribution < -0.4 is 9.30 Å². The van der Waals surface area contributed by atoms with E-state index in [4.69, 9.17) is 13.8 Å². The quantitative estimate of drug-likeness (QED) is 0.107. The zero-order valence-electron chi connectivity index (χ0n) is 46.9. The summed E-state index contributed by atoms with van der Waals surface area (Å²) in [6.07, 6.45) is 6.46. The van der Waals surface area contributed by atoms with Gasteiger partial charge in [-0.05, 0) is 103 Å². The summed E-state index contributed by atoms with van der Waals surface area (Å²) in [5.41, 5.74) is 11.4. The molecule has 0 aliphatic carbocycles. The summed E-state index contributed by atoms with van der Waals surface area (Å²) in [4.78, 5) is 4.86. The van der Waals surface area contributed by atoms with Crippen LogP contribution in [0.2, 0.25) is 0 Å². The van der Waals surface area contributed by atoms with Crippen molar-refractivity contribution in [3.05, 3.63) is 198 Å². The number of nitrogens with zero attached hydrogens (tertiary/aromatic N) is 4. The van der Waals surface area contributed by atoms with Crippen molar-refractivity contribution in [2.45, 2.75) is 98.8 Å². The Hall–Kier alpha value is -6.55. The first-order valence-electron chi connectivity index (χ1n) is 26.5. The van der Waals surface area contributed by atoms with Gasteiger partial charge in [0.15, 0.2) is 0 Å². The largest absolute Gasteiger partial charge is 0.510 e. The topological polar surface area (TPSA) is 35.9 Å². The second kappa shape index (κ2) is 18.6. The molecule has 0 fully saturated rings. The summed E-state index contributed by atoms with van der Waals surface area (Å²) in [5, 5.41) is 2.13. The van der Waals surface area contributed by atoms with Crippen LogP contribution in [0.3, 0.4) is 0 Å². The summed E-state index contributed by atoms with van der Waals surface area (Å²) in [6.45, 7) is 24.3. The maximum Gasteiger partial charge on any atom is 0.268 e. The molecule has 0 radical (unpaired) electrons. The van der Waals surface area contributed by atoms with Gasteiger partial charge in [0, 0.05) is 44.3 Å². The Morgan fingerprint density at radius 2 is 1.30 bits per heavy atom. The first kappa shape index (κ1) is 42.3. The molecule has 10 aromatic rings. The SMILES string of the molecule is [2H]c1c([2H])c([2H])c(-c2cccc(-c3cc(C(C)(C)C)cc(C(C)(C)C)c3)c2-[n+]2[c-]n(-c3[c-]c(Oc4[c-]c5c(cc4)c4ccccc4n5-c4cc(C(C)(C)C)ccn4)ccc3)c3cc(CC(C)C)ccc32)c([2H])c1[2H].[Pt]. The zero-order valence-corrected chi connectivity index (χ0v) is 44.2. The molecule has 0 unspecified atom stereocenters. The number of hydrogen-bond donors (Lipinski definition) is 0. The average Bonchev–Trinajstić information content (AvgIpc) is 3.91. The standard InChI is InChI=1S/C64H62N4O.Pt/c1-42(2)33-43-27-30-57-59(34-43)66(41-67(57)61-52(44-19-13-12-14-20-44)24-18-25-53(61)45-35-47(63(6,7)8)37-48(36-45)64(9,10)11)49-21-17-22-50(39-49)69-51-28-29-55-54-23-15-16-26-56(54)68(58(55)40-51)60-38-46(31-32-65-60)62(3,4)5;/h12-32,34-38,42H,33H2,1-11H3;/q-2;/i12D,13D,14D,19D,20D;. The fourth-order valence-corrected chi connectivity index (χ4v) is 9.27. The summed E-state index contributed by atoms with van der Waals surface area (Å²) >= 11 is 0. The van der Waals surface area contributed by atoms with Gasteiger partial charge in [0.25, 0.3) is 6.33 Å². The third kappa shape index (κ3) is 9.41. The minimum atomic E-state index is -0.442. The number of hydrogen-bond acceptors (Lipinski definition) is 2. The monoisotopic (exact) mass is 1100 g/mol. The Kier molecular flexibility index (Phi) is 11.3. The van der Waals surface area contributed by atoms with Gasteiger partial charge in [-0.15, -0.1) is 29.7 Å². The van der Waals surface area contributed by atoms with Crippen LogP contribution in [0.5, 0.6) is 11.5 Å². The van der Waals surface area contributed by atoms with Crippen LogP contribution in [0.1, 0.15) is 105 Å². The number of benzene rings is 7. The average molecular weight is 1100 g/mol. The van der Waals surface area contributed by atoms with Gasteiger partial charge in [0.2, 0.25) is 0 Å². The number of pyridine rings is 1. The molecule has 0 N–H and O–H groups in total. The molecule has 70 heavy (non-hydrogen) atoms. The Bertz CT molecular complexity index is 3790. The molecule has 0 amide bonds. The molecule has 0 saturated heterocycles. The first-order chi connectivity index (χ1) is 35.0. The molecule has 356 valence electrons. The van der Waals surface area contributed by atoms with Crippen LogP contribution in [0, 0.1) is 24.4 Å². The van der Waals surface area contributed by atoms with E-state index < -0.39 is 18.1 Å². The Balaban J connectivity index is 0.00000689. The molecule has 10 rings (SSSR count). The van der Waals surface area contributed by atoms with E-state index in [9.17, 15) is 2.74 Å². The molecule has 0 atom stereocenters. The van der Waals surface area contributed by atoms with E-state index in [2.05, 4.69) is 178 Å². The van der Waals surface area contributed by atoms with E-state index in [0.29, 0.717) is 34.4 Å². The molecule has 7 aromatic carbocycles. The molecule has 3 aromatic heterocycles. The fourth-order valence-electron chi connectivity index (χ4n) is 9.27. The number of ether oxygens (including phenoxy) is 1.